The number of aryl methyl sites for hydroxylation is 1. The third-order valence-corrected chi connectivity index (χ3v) is 7.01. The number of carbonyl (C=O) groups excluding carboxylic acids is 1. The van der Waals surface area contributed by atoms with Crippen LogP contribution in [0, 0.1) is 0 Å². The summed E-state index contributed by atoms with van der Waals surface area (Å²) in [5, 5.41) is 12.0. The molecule has 184 valence electrons. The van der Waals surface area contributed by atoms with Gasteiger partial charge >= 0.3 is 0 Å². The van der Waals surface area contributed by atoms with Crippen LogP contribution in [0.5, 0.6) is 0 Å². The lowest BCUT2D eigenvalue weighted by molar-refractivity contribution is 0.0996. The van der Waals surface area contributed by atoms with Gasteiger partial charge in [-0.05, 0) is 51.4 Å². The first kappa shape index (κ1) is 23.4. The molecule has 1 saturated heterocycles. The molecule has 0 aromatic carbocycles. The van der Waals surface area contributed by atoms with E-state index in [1.807, 2.05) is 31.3 Å². The number of hydrogen-bond donors (Lipinski definition) is 1. The van der Waals surface area contributed by atoms with Gasteiger partial charge in [0.15, 0.2) is 5.82 Å². The van der Waals surface area contributed by atoms with Gasteiger partial charge in [0.1, 0.15) is 23.2 Å². The number of hydrogen-bond acceptors (Lipinski definition) is 7. The van der Waals surface area contributed by atoms with Crippen LogP contribution in [-0.2, 0) is 26.1 Å². The minimum absolute atomic E-state index is 0.0261. The van der Waals surface area contributed by atoms with Crippen molar-refractivity contribution in [1.82, 2.24) is 30.0 Å². The molecule has 2 aliphatic rings. The van der Waals surface area contributed by atoms with Crippen molar-refractivity contribution in [3.63, 3.8) is 0 Å². The van der Waals surface area contributed by atoms with E-state index in [1.165, 1.54) is 0 Å². The lowest BCUT2D eigenvalue weighted by atomic mass is 10.1. The highest BCUT2D eigenvalue weighted by Gasteiger charge is 2.34. The zero-order chi connectivity index (χ0) is 24.5. The second-order valence-electron chi connectivity index (χ2n) is 9.39. The Morgan fingerprint density at radius 3 is 2.71 bits per heavy atom. The van der Waals surface area contributed by atoms with E-state index in [2.05, 4.69) is 45.8 Å². The Kier molecular flexibility index (Phi) is 6.51. The number of nitrogens with zero attached hydrogens (tertiary/aromatic N) is 7. The second-order valence-corrected chi connectivity index (χ2v) is 9.39. The number of anilines is 2. The quantitative estimate of drug-likeness (QED) is 0.533. The molecular weight excluding hydrogens is 440 g/mol. The molecule has 35 heavy (non-hydrogen) atoms. The molecule has 0 unspecified atom stereocenters. The third kappa shape index (κ3) is 4.18. The van der Waals surface area contributed by atoms with E-state index < -0.39 is 0 Å². The predicted molar refractivity (Wildman–Crippen MR) is 136 cm³/mol. The van der Waals surface area contributed by atoms with Gasteiger partial charge in [-0.25, -0.2) is 9.97 Å². The minimum Gasteiger partial charge on any atom is -0.354 e. The first-order valence-corrected chi connectivity index (χ1v) is 12.7. The summed E-state index contributed by atoms with van der Waals surface area (Å²) in [6.45, 7) is 9.34. The van der Waals surface area contributed by atoms with E-state index in [0.29, 0.717) is 24.9 Å². The molecule has 2 aliphatic heterocycles. The predicted octanol–water partition coefficient (Wildman–Crippen LogP) is 3.58. The highest BCUT2D eigenvalue weighted by atomic mass is 16.2. The smallest absolute Gasteiger partial charge is 0.260 e. The molecule has 5 heterocycles. The fourth-order valence-corrected chi connectivity index (χ4v) is 5.21. The van der Waals surface area contributed by atoms with Crippen molar-refractivity contribution in [3.8, 4) is 11.5 Å². The van der Waals surface area contributed by atoms with Crippen molar-refractivity contribution >= 4 is 17.5 Å². The highest BCUT2D eigenvalue weighted by molar-refractivity contribution is 6.10. The molecule has 5 rings (SSSR count). The third-order valence-electron chi connectivity index (χ3n) is 7.01. The van der Waals surface area contributed by atoms with Crippen LogP contribution in [0.2, 0.25) is 0 Å². The standard InChI is InChI=1S/C26H34N8O/c1-5-12-33-22(6-2)30-31-25(33)20-10-7-11-23(28-20)34-16-19-18(26(34)35)14-24(29-21(19)15-27-4)32-13-8-9-17(32)3/h7,10-11,14,17,27H,5-6,8-9,12-13,15-16H2,1-4H3/t17-/m1/s1. The summed E-state index contributed by atoms with van der Waals surface area (Å²) < 4.78 is 2.13. The molecular formula is C26H34N8O. The van der Waals surface area contributed by atoms with Gasteiger partial charge in [0.25, 0.3) is 5.91 Å². The summed E-state index contributed by atoms with van der Waals surface area (Å²) in [5.41, 5.74) is 3.37. The van der Waals surface area contributed by atoms with Gasteiger partial charge in [-0.3, -0.25) is 9.69 Å². The summed E-state index contributed by atoms with van der Waals surface area (Å²) in [6.07, 6.45) is 4.10. The topological polar surface area (TPSA) is 92.1 Å². The van der Waals surface area contributed by atoms with Crippen molar-refractivity contribution in [3.05, 3.63) is 46.9 Å². The summed E-state index contributed by atoms with van der Waals surface area (Å²) in [6, 6.07) is 8.18. The Balaban J connectivity index is 1.50. The second kappa shape index (κ2) is 9.73. The van der Waals surface area contributed by atoms with Gasteiger partial charge in [-0.1, -0.05) is 19.9 Å². The van der Waals surface area contributed by atoms with Gasteiger partial charge in [0.2, 0.25) is 0 Å². The van der Waals surface area contributed by atoms with E-state index in [-0.39, 0.29) is 5.91 Å². The Labute approximate surface area is 206 Å². The van der Waals surface area contributed by atoms with Gasteiger partial charge in [-0.2, -0.15) is 0 Å². The largest absolute Gasteiger partial charge is 0.354 e. The lowest BCUT2D eigenvalue weighted by Gasteiger charge is -2.24. The Hall–Kier alpha value is -3.33. The van der Waals surface area contributed by atoms with Gasteiger partial charge in [-0.15, -0.1) is 10.2 Å². The Morgan fingerprint density at radius 2 is 2.00 bits per heavy atom. The van der Waals surface area contributed by atoms with Crippen molar-refractivity contribution < 1.29 is 4.79 Å². The van der Waals surface area contributed by atoms with E-state index in [9.17, 15) is 4.79 Å². The molecule has 0 bridgehead atoms. The summed E-state index contributed by atoms with van der Waals surface area (Å²) in [4.78, 5) is 27.6. The van der Waals surface area contributed by atoms with Crippen LogP contribution in [-0.4, -0.2) is 50.3 Å². The molecule has 3 aromatic heterocycles. The lowest BCUT2D eigenvalue weighted by Crippen LogP contribution is -2.28. The van der Waals surface area contributed by atoms with E-state index in [4.69, 9.17) is 9.97 Å². The average Bonchev–Trinajstić information content (AvgIpc) is 3.57. The van der Waals surface area contributed by atoms with Crippen LogP contribution in [0.4, 0.5) is 11.6 Å². The van der Waals surface area contributed by atoms with Gasteiger partial charge in [0, 0.05) is 37.7 Å². The molecule has 0 radical (unpaired) electrons. The molecule has 9 nitrogen and oxygen atoms in total. The maximum atomic E-state index is 13.7. The van der Waals surface area contributed by atoms with Crippen LogP contribution in [0.15, 0.2) is 24.3 Å². The number of pyridine rings is 2. The Morgan fingerprint density at radius 1 is 1.14 bits per heavy atom. The first-order chi connectivity index (χ1) is 17.0. The first-order valence-electron chi connectivity index (χ1n) is 12.7. The summed E-state index contributed by atoms with van der Waals surface area (Å²) in [7, 11) is 1.91. The normalized spacial score (nSPS) is 17.5. The van der Waals surface area contributed by atoms with Crippen molar-refractivity contribution in [2.24, 2.45) is 0 Å². The highest BCUT2D eigenvalue weighted by Crippen LogP contribution is 2.34. The van der Waals surface area contributed by atoms with Crippen LogP contribution in [0.25, 0.3) is 11.5 Å². The molecule has 0 aliphatic carbocycles. The molecule has 0 spiro atoms. The minimum atomic E-state index is -0.0261. The molecule has 9 heteroatoms. The summed E-state index contributed by atoms with van der Waals surface area (Å²) in [5.74, 6) is 3.19. The van der Waals surface area contributed by atoms with Crippen LogP contribution in [0.1, 0.15) is 67.5 Å². The maximum absolute atomic E-state index is 13.7. The SMILES string of the molecule is CCCn1c(CC)nnc1-c1cccc(N2Cc3c(cc(N4CCC[C@H]4C)nc3CNC)C2=O)n1. The zero-order valence-corrected chi connectivity index (χ0v) is 21.1. The number of fused-ring (bicyclic) bond motifs is 1. The molecule has 1 fully saturated rings. The molecule has 3 aromatic rings. The van der Waals surface area contributed by atoms with Crippen LogP contribution >= 0.6 is 0 Å². The van der Waals surface area contributed by atoms with Crippen molar-refractivity contribution in [2.45, 2.75) is 72.1 Å². The van der Waals surface area contributed by atoms with Gasteiger partial charge in [0.05, 0.1) is 17.8 Å². The number of rotatable bonds is 8. The summed E-state index contributed by atoms with van der Waals surface area (Å²) >= 11 is 0. The molecule has 1 atom stereocenters. The van der Waals surface area contributed by atoms with E-state index in [1.54, 1.807) is 4.90 Å². The van der Waals surface area contributed by atoms with Crippen LogP contribution in [0.3, 0.4) is 0 Å². The average molecular weight is 475 g/mol. The van der Waals surface area contributed by atoms with Crippen molar-refractivity contribution in [1.29, 1.82) is 0 Å². The number of carbonyl (C=O) groups is 1. The zero-order valence-electron chi connectivity index (χ0n) is 21.1. The fraction of sp³-hybridized carbons (Fsp3) is 0.500. The maximum Gasteiger partial charge on any atom is 0.260 e. The van der Waals surface area contributed by atoms with Gasteiger partial charge < -0.3 is 14.8 Å². The fourth-order valence-electron chi connectivity index (χ4n) is 5.21. The molecule has 0 saturated carbocycles. The van der Waals surface area contributed by atoms with Crippen molar-refractivity contribution in [2.75, 3.05) is 23.4 Å². The number of aromatic nitrogens is 5. The number of amides is 1. The van der Waals surface area contributed by atoms with E-state index in [0.717, 1.165) is 78.8 Å². The monoisotopic (exact) mass is 474 g/mol. The number of nitrogens with one attached hydrogen (secondary N) is 1. The Bertz CT molecular complexity index is 1240. The molecule has 1 amide bonds. The van der Waals surface area contributed by atoms with Crippen LogP contribution < -0.4 is 15.1 Å². The van der Waals surface area contributed by atoms with E-state index >= 15 is 0 Å². The molecule has 1 N–H and O–H groups in total.